The maximum Gasteiger partial charge on any atom is 0.142 e. The summed E-state index contributed by atoms with van der Waals surface area (Å²) in [5.74, 6) is 0. The number of rotatable bonds is 2. The Balaban J connectivity index is 1.69. The van der Waals surface area contributed by atoms with Crippen molar-refractivity contribution in [1.29, 1.82) is 0 Å². The van der Waals surface area contributed by atoms with E-state index >= 15 is 0 Å². The summed E-state index contributed by atoms with van der Waals surface area (Å²) >= 11 is 0. The summed E-state index contributed by atoms with van der Waals surface area (Å²) in [5, 5.41) is 3.40. The largest absolute Gasteiger partial charge is 0.353 e. The average molecular weight is 217 g/mol. The fourth-order valence-corrected chi connectivity index (χ4v) is 2.40. The van der Waals surface area contributed by atoms with Crippen molar-refractivity contribution in [3.8, 4) is 0 Å². The fourth-order valence-electron chi connectivity index (χ4n) is 2.40. The predicted molar refractivity (Wildman–Crippen MR) is 58.7 cm³/mol. The molecule has 1 aromatic carbocycles. The molecular weight excluding hydrogens is 202 g/mol. The van der Waals surface area contributed by atoms with Crippen molar-refractivity contribution in [2.45, 2.75) is 43.9 Å². The lowest BCUT2D eigenvalue weighted by Crippen LogP contribution is -2.33. The number of fused-ring (bicyclic) bond motifs is 3. The van der Waals surface area contributed by atoms with Crippen LogP contribution in [0.4, 0.5) is 0 Å². The summed E-state index contributed by atoms with van der Waals surface area (Å²) in [6.45, 7) is 2.18. The minimum absolute atomic E-state index is 0.00690. The van der Waals surface area contributed by atoms with Crippen molar-refractivity contribution in [2.24, 2.45) is 0 Å². The zero-order valence-corrected chi connectivity index (χ0v) is 9.27. The summed E-state index contributed by atoms with van der Waals surface area (Å²) < 4.78 is 11.7. The van der Waals surface area contributed by atoms with Gasteiger partial charge in [-0.15, -0.1) is 0 Å². The van der Waals surface area contributed by atoms with Crippen molar-refractivity contribution >= 4 is 0 Å². The van der Waals surface area contributed by atoms with E-state index in [0.29, 0.717) is 0 Å². The molecule has 0 radical (unpaired) electrons. The second-order valence-electron chi connectivity index (χ2n) is 5.22. The highest BCUT2D eigenvalue weighted by Crippen LogP contribution is 2.49. The first kappa shape index (κ1) is 9.16. The van der Waals surface area contributed by atoms with E-state index < -0.39 is 0 Å². The Morgan fingerprint density at radius 1 is 1.31 bits per heavy atom. The quantitative estimate of drug-likeness (QED) is 0.771. The van der Waals surface area contributed by atoms with Crippen LogP contribution in [0, 0.1) is 0 Å². The molecule has 2 fully saturated rings. The summed E-state index contributed by atoms with van der Waals surface area (Å²) in [6, 6.07) is 8.41. The molecule has 0 aromatic heterocycles. The molecule has 1 saturated heterocycles. The molecule has 3 aliphatic rings. The van der Waals surface area contributed by atoms with E-state index in [4.69, 9.17) is 9.47 Å². The number of benzene rings is 1. The van der Waals surface area contributed by atoms with E-state index in [-0.39, 0.29) is 24.2 Å². The van der Waals surface area contributed by atoms with Gasteiger partial charge in [-0.1, -0.05) is 24.3 Å². The van der Waals surface area contributed by atoms with E-state index in [1.165, 1.54) is 24.0 Å². The Bertz CT molecular complexity index is 441. The van der Waals surface area contributed by atoms with Crippen LogP contribution in [-0.4, -0.2) is 11.8 Å². The summed E-state index contributed by atoms with van der Waals surface area (Å²) in [5.41, 5.74) is 2.63. The molecule has 0 bridgehead atoms. The lowest BCUT2D eigenvalue weighted by Gasteiger charge is -2.27. The highest BCUT2D eigenvalue weighted by Gasteiger charge is 2.50. The van der Waals surface area contributed by atoms with E-state index in [1.54, 1.807) is 0 Å². The van der Waals surface area contributed by atoms with Gasteiger partial charge in [0, 0.05) is 5.56 Å². The van der Waals surface area contributed by atoms with Crippen molar-refractivity contribution < 1.29 is 9.47 Å². The normalized spacial score (nSPS) is 37.4. The molecule has 16 heavy (non-hydrogen) atoms. The molecule has 3 heteroatoms. The predicted octanol–water partition coefficient (Wildman–Crippen LogP) is 2.25. The Hall–Kier alpha value is -0.900. The van der Waals surface area contributed by atoms with Gasteiger partial charge in [-0.2, -0.15) is 0 Å². The Morgan fingerprint density at radius 3 is 2.81 bits per heavy atom. The summed E-state index contributed by atoms with van der Waals surface area (Å²) in [4.78, 5) is 0. The number of hydrogen-bond acceptors (Lipinski definition) is 3. The van der Waals surface area contributed by atoms with E-state index in [0.717, 1.165) is 0 Å². The molecule has 1 aromatic rings. The van der Waals surface area contributed by atoms with Gasteiger partial charge in [0.15, 0.2) is 0 Å². The molecule has 0 spiro atoms. The van der Waals surface area contributed by atoms with E-state index in [9.17, 15) is 0 Å². The number of ether oxygens (including phenoxy) is 2. The molecule has 2 heterocycles. The zero-order valence-electron chi connectivity index (χ0n) is 9.27. The molecule has 2 aliphatic heterocycles. The van der Waals surface area contributed by atoms with Crippen LogP contribution in [0.5, 0.6) is 0 Å². The van der Waals surface area contributed by atoms with Gasteiger partial charge in [-0.3, -0.25) is 5.32 Å². The van der Waals surface area contributed by atoms with Crippen LogP contribution in [-0.2, 0) is 9.47 Å². The Morgan fingerprint density at radius 2 is 2.06 bits per heavy atom. The van der Waals surface area contributed by atoms with Crippen LogP contribution in [0.25, 0.3) is 0 Å². The Kier molecular flexibility index (Phi) is 1.64. The lowest BCUT2D eigenvalue weighted by atomic mass is 9.99. The number of nitrogens with one attached hydrogen (secondary N) is 1. The third-order valence-electron chi connectivity index (χ3n) is 3.75. The Labute approximate surface area is 94.7 Å². The van der Waals surface area contributed by atoms with E-state index in [2.05, 4.69) is 36.5 Å². The van der Waals surface area contributed by atoms with Crippen molar-refractivity contribution in [3.63, 3.8) is 0 Å². The first-order chi connectivity index (χ1) is 7.75. The molecule has 1 aliphatic carbocycles. The van der Waals surface area contributed by atoms with Crippen LogP contribution in [0.3, 0.4) is 0 Å². The van der Waals surface area contributed by atoms with Crippen LogP contribution in [0.15, 0.2) is 24.3 Å². The molecule has 0 amide bonds. The standard InChI is InChI=1S/C13H15NO2/c1-13(6-7-13)16-11-9-5-3-2-4-8(9)10-12(14-11)15-10/h2-5,10-12,14H,6-7H2,1H3. The van der Waals surface area contributed by atoms with Crippen molar-refractivity contribution in [1.82, 2.24) is 5.32 Å². The van der Waals surface area contributed by atoms with E-state index in [1.807, 2.05) is 0 Å². The fraction of sp³-hybridized carbons (Fsp3) is 0.538. The molecule has 3 nitrogen and oxygen atoms in total. The third kappa shape index (κ3) is 1.32. The second-order valence-corrected chi connectivity index (χ2v) is 5.22. The number of hydrogen-bond donors (Lipinski definition) is 1. The van der Waals surface area contributed by atoms with Gasteiger partial charge >= 0.3 is 0 Å². The van der Waals surface area contributed by atoms with Gasteiger partial charge in [0.25, 0.3) is 0 Å². The first-order valence-corrected chi connectivity index (χ1v) is 5.93. The minimum atomic E-state index is 0.00690. The molecule has 1 saturated carbocycles. The smallest absolute Gasteiger partial charge is 0.142 e. The van der Waals surface area contributed by atoms with Crippen LogP contribution >= 0.6 is 0 Å². The van der Waals surface area contributed by atoms with Gasteiger partial charge in [-0.05, 0) is 25.3 Å². The molecule has 4 rings (SSSR count). The molecule has 3 unspecified atom stereocenters. The second kappa shape index (κ2) is 2.86. The monoisotopic (exact) mass is 217 g/mol. The van der Waals surface area contributed by atoms with Crippen LogP contribution < -0.4 is 5.32 Å². The van der Waals surface area contributed by atoms with Crippen molar-refractivity contribution in [2.75, 3.05) is 0 Å². The van der Waals surface area contributed by atoms with Gasteiger partial charge in [-0.25, -0.2) is 0 Å². The average Bonchev–Trinajstić information content (AvgIpc) is 3.17. The van der Waals surface area contributed by atoms with Gasteiger partial charge in [0.2, 0.25) is 0 Å². The van der Waals surface area contributed by atoms with Crippen molar-refractivity contribution in [3.05, 3.63) is 35.4 Å². The van der Waals surface area contributed by atoms with Gasteiger partial charge in [0.05, 0.1) is 5.60 Å². The zero-order chi connectivity index (χ0) is 10.8. The lowest BCUT2D eigenvalue weighted by molar-refractivity contribution is -0.0464. The van der Waals surface area contributed by atoms with Gasteiger partial charge < -0.3 is 9.47 Å². The third-order valence-corrected chi connectivity index (χ3v) is 3.75. The van der Waals surface area contributed by atoms with Crippen LogP contribution in [0.2, 0.25) is 0 Å². The molecule has 3 atom stereocenters. The van der Waals surface area contributed by atoms with Gasteiger partial charge in [0.1, 0.15) is 18.6 Å². The maximum atomic E-state index is 6.12. The SMILES string of the molecule is CC1(OC2NC3OC3c3ccccc32)CC1. The molecular formula is C13H15NO2. The molecule has 1 N–H and O–H groups in total. The summed E-state index contributed by atoms with van der Waals surface area (Å²) in [7, 11) is 0. The highest BCUT2D eigenvalue weighted by molar-refractivity contribution is 5.36. The topological polar surface area (TPSA) is 33.8 Å². The molecule has 84 valence electrons. The highest BCUT2D eigenvalue weighted by atomic mass is 16.6. The maximum absolute atomic E-state index is 6.12. The van der Waals surface area contributed by atoms with Crippen LogP contribution in [0.1, 0.15) is 43.2 Å². The minimum Gasteiger partial charge on any atom is -0.353 e. The first-order valence-electron chi connectivity index (χ1n) is 5.93. The number of epoxide rings is 1. The summed E-state index contributed by atoms with van der Waals surface area (Å²) in [6.07, 6.45) is 2.77.